The first kappa shape index (κ1) is 16.7. The van der Waals surface area contributed by atoms with E-state index in [0.717, 1.165) is 37.0 Å². The molecule has 1 aliphatic heterocycles. The van der Waals surface area contributed by atoms with E-state index in [-0.39, 0.29) is 17.5 Å². The van der Waals surface area contributed by atoms with Crippen LogP contribution in [0, 0.1) is 0 Å². The van der Waals surface area contributed by atoms with E-state index in [1.807, 2.05) is 36.4 Å². The maximum Gasteiger partial charge on any atom is 0.420 e. The summed E-state index contributed by atoms with van der Waals surface area (Å²) in [4.78, 5) is 14.6. The molecule has 1 unspecified atom stereocenters. The van der Waals surface area contributed by atoms with Crippen molar-refractivity contribution in [3.05, 3.63) is 58.6 Å². The van der Waals surface area contributed by atoms with Gasteiger partial charge in [-0.05, 0) is 37.6 Å². The van der Waals surface area contributed by atoms with Gasteiger partial charge in [-0.2, -0.15) is 0 Å². The third-order valence-electron chi connectivity index (χ3n) is 5.05. The molecule has 1 saturated heterocycles. The highest BCUT2D eigenvalue weighted by Gasteiger charge is 2.25. The third kappa shape index (κ3) is 3.08. The fourth-order valence-corrected chi connectivity index (χ4v) is 3.76. The molecule has 0 saturated carbocycles. The quantitative estimate of drug-likeness (QED) is 0.780. The molecule has 1 atom stereocenters. The van der Waals surface area contributed by atoms with Gasteiger partial charge in [0.1, 0.15) is 11.5 Å². The van der Waals surface area contributed by atoms with Gasteiger partial charge in [0.25, 0.3) is 0 Å². The Hall–Kier alpha value is -2.73. The molecule has 6 nitrogen and oxygen atoms in total. The largest absolute Gasteiger partial charge is 0.507 e. The fraction of sp³-hybridized carbons (Fsp3) is 0.350. The number of nitrogens with zero attached hydrogens (tertiary/aromatic N) is 2. The minimum absolute atomic E-state index is 0.0697. The van der Waals surface area contributed by atoms with Crippen molar-refractivity contribution in [1.82, 2.24) is 9.47 Å². The zero-order valence-corrected chi connectivity index (χ0v) is 14.7. The second-order valence-corrected chi connectivity index (χ2v) is 6.73. The number of oxazole rings is 1. The van der Waals surface area contributed by atoms with E-state index < -0.39 is 0 Å². The minimum atomic E-state index is -0.301. The molecule has 0 spiro atoms. The number of ether oxygens (including phenoxy) is 1. The van der Waals surface area contributed by atoms with E-state index in [1.54, 1.807) is 17.7 Å². The van der Waals surface area contributed by atoms with Gasteiger partial charge >= 0.3 is 5.76 Å². The van der Waals surface area contributed by atoms with Crippen LogP contribution in [0.1, 0.15) is 24.4 Å². The molecule has 26 heavy (non-hydrogen) atoms. The zero-order chi connectivity index (χ0) is 18.1. The molecule has 0 bridgehead atoms. The molecule has 2 heterocycles. The van der Waals surface area contributed by atoms with Gasteiger partial charge in [-0.15, -0.1) is 0 Å². The van der Waals surface area contributed by atoms with Gasteiger partial charge in [0.15, 0.2) is 5.58 Å². The molecule has 0 amide bonds. The zero-order valence-electron chi connectivity index (χ0n) is 14.7. The van der Waals surface area contributed by atoms with E-state index in [4.69, 9.17) is 9.15 Å². The van der Waals surface area contributed by atoms with Crippen molar-refractivity contribution in [2.45, 2.75) is 25.4 Å². The number of aromatic nitrogens is 1. The molecule has 0 aliphatic carbocycles. The first-order valence-electron chi connectivity index (χ1n) is 8.84. The van der Waals surface area contributed by atoms with Crippen LogP contribution in [0.15, 0.2) is 51.7 Å². The standard InChI is InChI=1S/C20H22N2O4/c1-25-16-9-8-14(18(23)11-16)12-21-10-4-5-15(13-21)22-17-6-2-3-7-19(17)26-20(22)24/h2-3,6-9,11,15,23H,4-5,10,12-13H2,1H3. The Morgan fingerprint density at radius 3 is 2.92 bits per heavy atom. The monoisotopic (exact) mass is 354 g/mol. The average molecular weight is 354 g/mol. The smallest absolute Gasteiger partial charge is 0.420 e. The van der Waals surface area contributed by atoms with Crippen molar-refractivity contribution in [3.63, 3.8) is 0 Å². The normalized spacial score (nSPS) is 18.3. The summed E-state index contributed by atoms with van der Waals surface area (Å²) in [5.74, 6) is 0.571. The lowest BCUT2D eigenvalue weighted by Gasteiger charge is -2.33. The van der Waals surface area contributed by atoms with Crippen LogP contribution in [0.5, 0.6) is 11.5 Å². The second kappa shape index (κ2) is 6.88. The van der Waals surface area contributed by atoms with Gasteiger partial charge in [-0.3, -0.25) is 9.47 Å². The molecule has 1 N–H and O–H groups in total. The Balaban J connectivity index is 1.56. The van der Waals surface area contributed by atoms with Crippen molar-refractivity contribution < 1.29 is 14.3 Å². The fourth-order valence-electron chi connectivity index (χ4n) is 3.76. The van der Waals surface area contributed by atoms with Gasteiger partial charge in [0, 0.05) is 24.7 Å². The van der Waals surface area contributed by atoms with Crippen molar-refractivity contribution in [1.29, 1.82) is 0 Å². The van der Waals surface area contributed by atoms with Crippen LogP contribution in [0.25, 0.3) is 11.1 Å². The van der Waals surface area contributed by atoms with E-state index in [0.29, 0.717) is 17.9 Å². The van der Waals surface area contributed by atoms with Crippen molar-refractivity contribution in [2.75, 3.05) is 20.2 Å². The van der Waals surface area contributed by atoms with Crippen LogP contribution in [-0.2, 0) is 6.54 Å². The first-order valence-corrected chi connectivity index (χ1v) is 8.84. The van der Waals surface area contributed by atoms with Crippen molar-refractivity contribution >= 4 is 11.1 Å². The SMILES string of the molecule is COc1ccc(CN2CCCC(n3c(=O)oc4ccccc43)C2)c(O)c1. The predicted octanol–water partition coefficient (Wildman–Crippen LogP) is 3.15. The molecule has 1 aromatic heterocycles. The Kier molecular flexibility index (Phi) is 4.42. The van der Waals surface area contributed by atoms with Crippen molar-refractivity contribution in [2.24, 2.45) is 0 Å². The lowest BCUT2D eigenvalue weighted by molar-refractivity contribution is 0.166. The number of phenols is 1. The van der Waals surface area contributed by atoms with Gasteiger partial charge < -0.3 is 14.3 Å². The number of fused-ring (bicyclic) bond motifs is 1. The second-order valence-electron chi connectivity index (χ2n) is 6.73. The number of hydrogen-bond donors (Lipinski definition) is 1. The van der Waals surface area contributed by atoms with Crippen LogP contribution < -0.4 is 10.5 Å². The highest BCUT2D eigenvalue weighted by atomic mass is 16.5. The summed E-state index contributed by atoms with van der Waals surface area (Å²) >= 11 is 0. The summed E-state index contributed by atoms with van der Waals surface area (Å²) in [7, 11) is 1.58. The summed E-state index contributed by atoms with van der Waals surface area (Å²) in [6.07, 6.45) is 1.93. The lowest BCUT2D eigenvalue weighted by atomic mass is 10.0. The van der Waals surface area contributed by atoms with E-state index in [1.165, 1.54) is 0 Å². The lowest BCUT2D eigenvalue weighted by Crippen LogP contribution is -2.38. The van der Waals surface area contributed by atoms with Gasteiger partial charge in [-0.25, -0.2) is 4.79 Å². The predicted molar refractivity (Wildman–Crippen MR) is 98.7 cm³/mol. The number of methoxy groups -OCH3 is 1. The minimum Gasteiger partial charge on any atom is -0.507 e. The number of piperidine rings is 1. The van der Waals surface area contributed by atoms with Gasteiger partial charge in [0.05, 0.1) is 18.7 Å². The molecule has 136 valence electrons. The molecule has 2 aromatic carbocycles. The topological polar surface area (TPSA) is 67.8 Å². The number of hydrogen-bond acceptors (Lipinski definition) is 5. The molecule has 1 fully saturated rings. The molecule has 1 aliphatic rings. The summed E-state index contributed by atoms with van der Waals surface area (Å²) in [6.45, 7) is 2.32. The number of aromatic hydroxyl groups is 1. The van der Waals surface area contributed by atoms with E-state index >= 15 is 0 Å². The Morgan fingerprint density at radius 2 is 2.12 bits per heavy atom. The average Bonchev–Trinajstić information content (AvgIpc) is 2.99. The van der Waals surface area contributed by atoms with Crippen LogP contribution in [0.4, 0.5) is 0 Å². The Labute approximate surface area is 151 Å². The maximum atomic E-state index is 12.4. The summed E-state index contributed by atoms with van der Waals surface area (Å²) in [5, 5.41) is 10.2. The summed E-state index contributed by atoms with van der Waals surface area (Å²) in [5.41, 5.74) is 2.33. The number of likely N-dealkylation sites (tertiary alicyclic amines) is 1. The summed E-state index contributed by atoms with van der Waals surface area (Å²) in [6, 6.07) is 13.0. The van der Waals surface area contributed by atoms with Crippen LogP contribution in [0.3, 0.4) is 0 Å². The maximum absolute atomic E-state index is 12.4. The number of rotatable bonds is 4. The molecule has 0 radical (unpaired) electrons. The van der Waals surface area contributed by atoms with Crippen molar-refractivity contribution in [3.8, 4) is 11.5 Å². The van der Waals surface area contributed by atoms with Crippen LogP contribution in [-0.4, -0.2) is 34.8 Å². The Morgan fingerprint density at radius 1 is 1.27 bits per heavy atom. The molecule has 4 rings (SSSR count). The van der Waals surface area contributed by atoms with Crippen LogP contribution >= 0.6 is 0 Å². The molecule has 3 aromatic rings. The number of benzene rings is 2. The van der Waals surface area contributed by atoms with E-state index in [9.17, 15) is 9.90 Å². The van der Waals surface area contributed by atoms with Crippen LogP contribution in [0.2, 0.25) is 0 Å². The van der Waals surface area contributed by atoms with Gasteiger partial charge in [0.2, 0.25) is 0 Å². The molecular weight excluding hydrogens is 332 g/mol. The third-order valence-corrected chi connectivity index (χ3v) is 5.05. The van der Waals surface area contributed by atoms with E-state index in [2.05, 4.69) is 4.90 Å². The highest BCUT2D eigenvalue weighted by molar-refractivity contribution is 5.72. The Bertz CT molecular complexity index is 975. The number of para-hydroxylation sites is 2. The number of phenolic OH excluding ortho intramolecular Hbond substituents is 1. The highest BCUT2D eigenvalue weighted by Crippen LogP contribution is 2.29. The summed E-state index contributed by atoms with van der Waals surface area (Å²) < 4.78 is 12.3. The molecule has 6 heteroatoms. The van der Waals surface area contributed by atoms with Gasteiger partial charge in [-0.1, -0.05) is 18.2 Å². The molecular formula is C20H22N2O4. The first-order chi connectivity index (χ1) is 12.7.